The number of esters is 1. The molecule has 136 valence electrons. The number of rotatable bonds is 5. The second-order valence-corrected chi connectivity index (χ2v) is 8.74. The number of nitrogens with one attached hydrogen (secondary N) is 1. The smallest absolute Gasteiger partial charge is 0.331 e. The summed E-state index contributed by atoms with van der Waals surface area (Å²) < 4.78 is 27.7. The summed E-state index contributed by atoms with van der Waals surface area (Å²) in [6, 6.07) is 4.42. The van der Waals surface area contributed by atoms with Crippen LogP contribution in [0.5, 0.6) is 0 Å². The van der Waals surface area contributed by atoms with E-state index in [0.717, 1.165) is 0 Å². The van der Waals surface area contributed by atoms with Gasteiger partial charge in [-0.3, -0.25) is 4.79 Å². The number of hydrogen-bond donors (Lipinski definition) is 1. The Labute approximate surface area is 156 Å². The zero-order chi connectivity index (χ0) is 18.6. The summed E-state index contributed by atoms with van der Waals surface area (Å²) >= 11 is 11.7. The van der Waals surface area contributed by atoms with Gasteiger partial charge in [-0.2, -0.15) is 0 Å². The van der Waals surface area contributed by atoms with Crippen molar-refractivity contribution in [2.24, 2.45) is 0 Å². The molecule has 2 atom stereocenters. The standard InChI is InChI=1S/C16H17Cl2NO5S/c1-10(16(21)19-12-6-7-25(22,23)9-12)24-15(20)5-3-11-2-4-13(17)14(18)8-11/h2-5,8,10,12H,6-7,9H2,1H3,(H,19,21)/b5-3+/t10-,12-/m0/s1. The fraction of sp³-hybridized carbons (Fsp3) is 0.375. The van der Waals surface area contributed by atoms with E-state index < -0.39 is 33.9 Å². The van der Waals surface area contributed by atoms with Gasteiger partial charge in [-0.15, -0.1) is 0 Å². The van der Waals surface area contributed by atoms with Crippen LogP contribution in [0.2, 0.25) is 10.0 Å². The molecule has 25 heavy (non-hydrogen) atoms. The van der Waals surface area contributed by atoms with Crippen LogP contribution in [-0.2, 0) is 24.2 Å². The van der Waals surface area contributed by atoms with Crippen molar-refractivity contribution in [1.82, 2.24) is 5.32 Å². The third-order valence-electron chi connectivity index (χ3n) is 3.60. The molecule has 6 nitrogen and oxygen atoms in total. The Hall–Kier alpha value is -1.57. The van der Waals surface area contributed by atoms with Crippen molar-refractivity contribution < 1.29 is 22.7 Å². The predicted molar refractivity (Wildman–Crippen MR) is 96.3 cm³/mol. The van der Waals surface area contributed by atoms with Crippen LogP contribution >= 0.6 is 23.2 Å². The van der Waals surface area contributed by atoms with E-state index in [1.54, 1.807) is 18.2 Å². The third-order valence-corrected chi connectivity index (χ3v) is 6.10. The normalized spacial score (nSPS) is 20.4. The summed E-state index contributed by atoms with van der Waals surface area (Å²) in [4.78, 5) is 23.7. The molecule has 0 unspecified atom stereocenters. The molecule has 1 aromatic carbocycles. The summed E-state index contributed by atoms with van der Waals surface area (Å²) in [6.07, 6.45) is 1.99. The maximum Gasteiger partial charge on any atom is 0.331 e. The van der Waals surface area contributed by atoms with Crippen LogP contribution in [0.4, 0.5) is 0 Å². The number of halogens is 2. The quantitative estimate of drug-likeness (QED) is 0.599. The first kappa shape index (κ1) is 19.8. The number of amides is 1. The zero-order valence-corrected chi connectivity index (χ0v) is 15.7. The van der Waals surface area contributed by atoms with Gasteiger partial charge in [-0.05, 0) is 37.1 Å². The zero-order valence-electron chi connectivity index (χ0n) is 13.4. The van der Waals surface area contributed by atoms with Gasteiger partial charge in [-0.25, -0.2) is 13.2 Å². The summed E-state index contributed by atoms with van der Waals surface area (Å²) in [5.74, 6) is -1.26. The van der Waals surface area contributed by atoms with Crippen LogP contribution in [0.25, 0.3) is 6.08 Å². The average molecular weight is 406 g/mol. The van der Waals surface area contributed by atoms with Gasteiger partial charge in [0.25, 0.3) is 5.91 Å². The van der Waals surface area contributed by atoms with E-state index >= 15 is 0 Å². The van der Waals surface area contributed by atoms with E-state index in [9.17, 15) is 18.0 Å². The molecule has 0 saturated carbocycles. The Balaban J connectivity index is 1.85. The van der Waals surface area contributed by atoms with E-state index in [1.807, 2.05) is 0 Å². The molecule has 0 aromatic heterocycles. The predicted octanol–water partition coefficient (Wildman–Crippen LogP) is 2.24. The number of carbonyl (C=O) groups is 2. The molecule has 1 aromatic rings. The van der Waals surface area contributed by atoms with Gasteiger partial charge in [0.15, 0.2) is 15.9 Å². The fourth-order valence-corrected chi connectivity index (χ4v) is 4.25. The van der Waals surface area contributed by atoms with Gasteiger partial charge in [0.2, 0.25) is 0 Å². The van der Waals surface area contributed by atoms with Crippen molar-refractivity contribution >= 4 is 51.0 Å². The van der Waals surface area contributed by atoms with Crippen LogP contribution in [0.15, 0.2) is 24.3 Å². The molecule has 2 rings (SSSR count). The maximum atomic E-state index is 12.0. The molecular formula is C16H17Cl2NO5S. The lowest BCUT2D eigenvalue weighted by atomic mass is 10.2. The monoisotopic (exact) mass is 405 g/mol. The van der Waals surface area contributed by atoms with Crippen molar-refractivity contribution in [1.29, 1.82) is 0 Å². The minimum atomic E-state index is -3.09. The lowest BCUT2D eigenvalue weighted by molar-refractivity contribution is -0.150. The summed E-state index contributed by atoms with van der Waals surface area (Å²) in [7, 11) is -3.09. The topological polar surface area (TPSA) is 89.5 Å². The highest BCUT2D eigenvalue weighted by atomic mass is 35.5. The maximum absolute atomic E-state index is 12.0. The molecule has 1 amide bonds. The Morgan fingerprint density at radius 1 is 1.32 bits per heavy atom. The van der Waals surface area contributed by atoms with Crippen molar-refractivity contribution in [3.8, 4) is 0 Å². The van der Waals surface area contributed by atoms with E-state index in [1.165, 1.54) is 19.1 Å². The molecule has 1 N–H and O–H groups in total. The Morgan fingerprint density at radius 3 is 2.64 bits per heavy atom. The highest BCUT2D eigenvalue weighted by Crippen LogP contribution is 2.23. The number of sulfone groups is 1. The van der Waals surface area contributed by atoms with Crippen LogP contribution in [0, 0.1) is 0 Å². The van der Waals surface area contributed by atoms with Crippen LogP contribution < -0.4 is 5.32 Å². The van der Waals surface area contributed by atoms with E-state index in [0.29, 0.717) is 22.0 Å². The molecule has 1 saturated heterocycles. The Kier molecular flexibility index (Phi) is 6.48. The van der Waals surface area contributed by atoms with Crippen LogP contribution in [-0.4, -0.2) is 43.9 Å². The van der Waals surface area contributed by atoms with Crippen molar-refractivity contribution in [3.63, 3.8) is 0 Å². The Morgan fingerprint density at radius 2 is 2.04 bits per heavy atom. The summed E-state index contributed by atoms with van der Waals surface area (Å²) in [6.45, 7) is 1.42. The van der Waals surface area contributed by atoms with Gasteiger partial charge in [-0.1, -0.05) is 29.3 Å². The number of ether oxygens (including phenoxy) is 1. The van der Waals surface area contributed by atoms with E-state index in [-0.39, 0.29) is 11.5 Å². The first-order valence-corrected chi connectivity index (χ1v) is 10.1. The van der Waals surface area contributed by atoms with Gasteiger partial charge < -0.3 is 10.1 Å². The van der Waals surface area contributed by atoms with E-state index in [4.69, 9.17) is 27.9 Å². The van der Waals surface area contributed by atoms with Crippen LogP contribution in [0.1, 0.15) is 18.9 Å². The third kappa shape index (κ3) is 6.02. The van der Waals surface area contributed by atoms with Crippen molar-refractivity contribution in [2.45, 2.75) is 25.5 Å². The molecule has 0 radical (unpaired) electrons. The molecule has 0 bridgehead atoms. The highest BCUT2D eigenvalue weighted by molar-refractivity contribution is 7.91. The number of benzene rings is 1. The van der Waals surface area contributed by atoms with Crippen molar-refractivity contribution in [3.05, 3.63) is 39.9 Å². The van der Waals surface area contributed by atoms with Gasteiger partial charge in [0, 0.05) is 12.1 Å². The molecule has 0 aliphatic carbocycles. The molecular weight excluding hydrogens is 389 g/mol. The number of hydrogen-bond acceptors (Lipinski definition) is 5. The molecule has 1 heterocycles. The lowest BCUT2D eigenvalue weighted by Crippen LogP contribution is -2.42. The number of carbonyl (C=O) groups excluding carboxylic acids is 2. The minimum Gasteiger partial charge on any atom is -0.449 e. The second-order valence-electron chi connectivity index (χ2n) is 5.69. The average Bonchev–Trinajstić information content (AvgIpc) is 2.87. The van der Waals surface area contributed by atoms with Gasteiger partial charge in [0.05, 0.1) is 21.6 Å². The molecule has 9 heteroatoms. The Bertz CT molecular complexity index is 807. The van der Waals surface area contributed by atoms with E-state index in [2.05, 4.69) is 5.32 Å². The fourth-order valence-electron chi connectivity index (χ4n) is 2.27. The molecule has 1 aliphatic heterocycles. The molecule has 0 spiro atoms. The first-order valence-electron chi connectivity index (χ1n) is 7.51. The first-order chi connectivity index (χ1) is 11.7. The molecule has 1 fully saturated rings. The van der Waals surface area contributed by atoms with Crippen LogP contribution in [0.3, 0.4) is 0 Å². The van der Waals surface area contributed by atoms with Crippen molar-refractivity contribution in [2.75, 3.05) is 11.5 Å². The largest absolute Gasteiger partial charge is 0.449 e. The highest BCUT2D eigenvalue weighted by Gasteiger charge is 2.30. The lowest BCUT2D eigenvalue weighted by Gasteiger charge is -2.15. The second kappa shape index (κ2) is 8.21. The molecule has 1 aliphatic rings. The van der Waals surface area contributed by atoms with Gasteiger partial charge >= 0.3 is 5.97 Å². The summed E-state index contributed by atoms with van der Waals surface area (Å²) in [5.41, 5.74) is 0.652. The minimum absolute atomic E-state index is 0.0541. The van der Waals surface area contributed by atoms with Gasteiger partial charge in [0.1, 0.15) is 0 Å². The SMILES string of the molecule is C[C@H](OC(=O)/C=C/c1ccc(Cl)c(Cl)c1)C(=O)N[C@H]1CCS(=O)(=O)C1. The summed E-state index contributed by atoms with van der Waals surface area (Å²) in [5, 5.41) is 3.34.